The molecule has 0 aliphatic heterocycles. The third kappa shape index (κ3) is 5.11. The fourth-order valence-electron chi connectivity index (χ4n) is 1.13. The molecule has 1 amide bonds. The van der Waals surface area contributed by atoms with Gasteiger partial charge in [0.15, 0.2) is 0 Å². The highest BCUT2D eigenvalue weighted by Crippen LogP contribution is 2.02. The molecule has 0 aromatic rings. The van der Waals surface area contributed by atoms with Crippen LogP contribution in [0.2, 0.25) is 0 Å². The molecule has 0 bridgehead atoms. The Kier molecular flexibility index (Phi) is 6.47. The number of aliphatic hydroxyl groups is 2. The monoisotopic (exact) mass is 218 g/mol. The van der Waals surface area contributed by atoms with Crippen LogP contribution in [0.3, 0.4) is 0 Å². The molecule has 0 heterocycles. The molecule has 5 heteroatoms. The molecule has 0 saturated carbocycles. The Hall–Kier alpha value is -0.650. The zero-order valence-electron chi connectivity index (χ0n) is 9.71. The maximum absolute atomic E-state index is 11.5. The van der Waals surface area contributed by atoms with E-state index < -0.39 is 11.6 Å². The highest BCUT2D eigenvalue weighted by atomic mass is 16.3. The van der Waals surface area contributed by atoms with Crippen molar-refractivity contribution in [2.24, 2.45) is 0 Å². The van der Waals surface area contributed by atoms with E-state index in [2.05, 4.69) is 10.6 Å². The minimum Gasteiger partial charge on any atom is -0.394 e. The SMILES string of the molecule is CCCNC(=O)C(C)NC(C)(CO)CO. The normalized spacial score (nSPS) is 13.7. The van der Waals surface area contributed by atoms with Crippen molar-refractivity contribution in [2.45, 2.75) is 38.8 Å². The van der Waals surface area contributed by atoms with Gasteiger partial charge in [0.1, 0.15) is 0 Å². The van der Waals surface area contributed by atoms with Crippen LogP contribution < -0.4 is 10.6 Å². The van der Waals surface area contributed by atoms with Gasteiger partial charge in [-0.1, -0.05) is 6.92 Å². The molecule has 0 aromatic carbocycles. The molecule has 0 aromatic heterocycles. The van der Waals surface area contributed by atoms with E-state index in [1.165, 1.54) is 0 Å². The van der Waals surface area contributed by atoms with E-state index >= 15 is 0 Å². The van der Waals surface area contributed by atoms with Gasteiger partial charge in [-0.2, -0.15) is 0 Å². The van der Waals surface area contributed by atoms with E-state index in [0.29, 0.717) is 6.54 Å². The Bertz CT molecular complexity index is 193. The van der Waals surface area contributed by atoms with Crippen molar-refractivity contribution in [3.63, 3.8) is 0 Å². The van der Waals surface area contributed by atoms with E-state index in [4.69, 9.17) is 10.2 Å². The quantitative estimate of drug-likeness (QED) is 0.452. The lowest BCUT2D eigenvalue weighted by Crippen LogP contribution is -2.56. The number of aliphatic hydroxyl groups excluding tert-OH is 2. The minimum absolute atomic E-state index is 0.120. The topological polar surface area (TPSA) is 81.6 Å². The number of nitrogens with one attached hydrogen (secondary N) is 2. The summed E-state index contributed by atoms with van der Waals surface area (Å²) in [7, 11) is 0. The first kappa shape index (κ1) is 14.3. The summed E-state index contributed by atoms with van der Waals surface area (Å²) in [5, 5.41) is 23.7. The first-order valence-electron chi connectivity index (χ1n) is 5.26. The van der Waals surface area contributed by atoms with Gasteiger partial charge in [0.05, 0.1) is 24.8 Å². The molecule has 0 rings (SSSR count). The molecule has 1 unspecified atom stereocenters. The molecule has 0 spiro atoms. The van der Waals surface area contributed by atoms with Crippen LogP contribution in [-0.4, -0.2) is 47.5 Å². The maximum Gasteiger partial charge on any atom is 0.236 e. The van der Waals surface area contributed by atoms with Gasteiger partial charge in [0.2, 0.25) is 5.91 Å². The van der Waals surface area contributed by atoms with Crippen molar-refractivity contribution < 1.29 is 15.0 Å². The Morgan fingerprint density at radius 3 is 2.33 bits per heavy atom. The van der Waals surface area contributed by atoms with Crippen molar-refractivity contribution in [3.05, 3.63) is 0 Å². The summed E-state index contributed by atoms with van der Waals surface area (Å²) in [4.78, 5) is 11.5. The van der Waals surface area contributed by atoms with E-state index in [1.54, 1.807) is 13.8 Å². The van der Waals surface area contributed by atoms with Gasteiger partial charge in [-0.15, -0.1) is 0 Å². The molecule has 90 valence electrons. The van der Waals surface area contributed by atoms with Crippen molar-refractivity contribution in [3.8, 4) is 0 Å². The number of rotatable bonds is 7. The van der Waals surface area contributed by atoms with Crippen LogP contribution in [0.1, 0.15) is 27.2 Å². The first-order valence-corrected chi connectivity index (χ1v) is 5.26. The zero-order valence-corrected chi connectivity index (χ0v) is 9.71. The summed E-state index contributed by atoms with van der Waals surface area (Å²) in [5.74, 6) is -0.120. The van der Waals surface area contributed by atoms with E-state index in [1.807, 2.05) is 6.92 Å². The Morgan fingerprint density at radius 2 is 1.93 bits per heavy atom. The predicted octanol–water partition coefficient (Wildman–Crippen LogP) is -0.766. The van der Waals surface area contributed by atoms with Crippen molar-refractivity contribution in [1.82, 2.24) is 10.6 Å². The second-order valence-electron chi connectivity index (χ2n) is 4.03. The van der Waals surface area contributed by atoms with Gasteiger partial charge < -0.3 is 15.5 Å². The molecule has 0 radical (unpaired) electrons. The zero-order chi connectivity index (χ0) is 11.9. The van der Waals surface area contributed by atoms with Crippen LogP contribution in [0.25, 0.3) is 0 Å². The second kappa shape index (κ2) is 6.76. The van der Waals surface area contributed by atoms with E-state index in [9.17, 15) is 4.79 Å². The molecule has 0 fully saturated rings. The number of hydrogen-bond acceptors (Lipinski definition) is 4. The summed E-state index contributed by atoms with van der Waals surface area (Å²) in [5.41, 5.74) is -0.816. The molecule has 0 saturated heterocycles. The van der Waals surface area contributed by atoms with Gasteiger partial charge >= 0.3 is 0 Å². The molecule has 0 aliphatic carbocycles. The largest absolute Gasteiger partial charge is 0.394 e. The Balaban J connectivity index is 4.10. The lowest BCUT2D eigenvalue weighted by Gasteiger charge is -2.29. The molecular weight excluding hydrogens is 196 g/mol. The number of carbonyl (C=O) groups excluding carboxylic acids is 1. The molecule has 1 atom stereocenters. The molecule has 5 nitrogen and oxygen atoms in total. The van der Waals surface area contributed by atoms with Gasteiger partial charge in [0.25, 0.3) is 0 Å². The van der Waals surface area contributed by atoms with Gasteiger partial charge in [-0.3, -0.25) is 10.1 Å². The van der Waals surface area contributed by atoms with E-state index in [0.717, 1.165) is 6.42 Å². The van der Waals surface area contributed by atoms with Crippen molar-refractivity contribution in [2.75, 3.05) is 19.8 Å². The van der Waals surface area contributed by atoms with Gasteiger partial charge in [0, 0.05) is 6.54 Å². The fourth-order valence-corrected chi connectivity index (χ4v) is 1.13. The maximum atomic E-state index is 11.5. The molecule has 4 N–H and O–H groups in total. The Labute approximate surface area is 90.9 Å². The van der Waals surface area contributed by atoms with Crippen LogP contribution >= 0.6 is 0 Å². The predicted molar refractivity (Wildman–Crippen MR) is 58.5 cm³/mol. The summed E-state index contributed by atoms with van der Waals surface area (Å²) in [6.45, 7) is 5.55. The molecule has 15 heavy (non-hydrogen) atoms. The van der Waals surface area contributed by atoms with Crippen LogP contribution in [0, 0.1) is 0 Å². The third-order valence-electron chi connectivity index (χ3n) is 2.21. The molecular formula is C10H22N2O3. The number of hydrogen-bond donors (Lipinski definition) is 4. The minimum atomic E-state index is -0.816. The summed E-state index contributed by atoms with van der Waals surface area (Å²) >= 11 is 0. The smallest absolute Gasteiger partial charge is 0.236 e. The standard InChI is InChI=1S/C10H22N2O3/c1-4-5-11-9(15)8(2)12-10(3,6-13)7-14/h8,12-14H,4-7H2,1-3H3,(H,11,15). The van der Waals surface area contributed by atoms with Crippen LogP contribution in [0.15, 0.2) is 0 Å². The highest BCUT2D eigenvalue weighted by Gasteiger charge is 2.26. The lowest BCUT2D eigenvalue weighted by atomic mass is 10.0. The van der Waals surface area contributed by atoms with Crippen LogP contribution in [-0.2, 0) is 4.79 Å². The highest BCUT2D eigenvalue weighted by molar-refractivity contribution is 5.81. The lowest BCUT2D eigenvalue weighted by molar-refractivity contribution is -0.123. The fraction of sp³-hybridized carbons (Fsp3) is 0.900. The Morgan fingerprint density at radius 1 is 1.40 bits per heavy atom. The molecule has 0 aliphatic rings. The van der Waals surface area contributed by atoms with Gasteiger partial charge in [-0.25, -0.2) is 0 Å². The average molecular weight is 218 g/mol. The number of amides is 1. The second-order valence-corrected chi connectivity index (χ2v) is 4.03. The summed E-state index contributed by atoms with van der Waals surface area (Å²) in [6, 6.07) is -0.430. The van der Waals surface area contributed by atoms with Gasteiger partial charge in [-0.05, 0) is 20.3 Å². The third-order valence-corrected chi connectivity index (χ3v) is 2.21. The summed E-state index contributed by atoms with van der Waals surface area (Å²) in [6.07, 6.45) is 0.885. The first-order chi connectivity index (χ1) is 6.99. The van der Waals surface area contributed by atoms with Crippen molar-refractivity contribution >= 4 is 5.91 Å². The van der Waals surface area contributed by atoms with Crippen LogP contribution in [0.5, 0.6) is 0 Å². The average Bonchev–Trinajstić information content (AvgIpc) is 2.25. The number of carbonyl (C=O) groups is 1. The van der Waals surface area contributed by atoms with Crippen LogP contribution in [0.4, 0.5) is 0 Å². The van der Waals surface area contributed by atoms with Crippen molar-refractivity contribution in [1.29, 1.82) is 0 Å². The summed E-state index contributed by atoms with van der Waals surface area (Å²) < 4.78 is 0. The van der Waals surface area contributed by atoms with E-state index in [-0.39, 0.29) is 19.1 Å².